The van der Waals surface area contributed by atoms with Gasteiger partial charge in [0.05, 0.1) is 0 Å². The highest BCUT2D eigenvalue weighted by molar-refractivity contribution is 5.78. The van der Waals surface area contributed by atoms with Crippen LogP contribution in [0.1, 0.15) is 16.8 Å². The first-order valence-corrected chi connectivity index (χ1v) is 6.61. The van der Waals surface area contributed by atoms with Gasteiger partial charge >= 0.3 is 5.63 Å². The molecule has 4 nitrogen and oxygen atoms in total. The number of aromatic nitrogens is 1. The Morgan fingerprint density at radius 3 is 2.68 bits per heavy atom. The van der Waals surface area contributed by atoms with Crippen LogP contribution in [0.3, 0.4) is 0 Å². The van der Waals surface area contributed by atoms with Gasteiger partial charge in [-0.15, -0.1) is 0 Å². The number of aliphatic hydroxyl groups excluding tert-OH is 1. The van der Waals surface area contributed by atoms with Gasteiger partial charge in [0, 0.05) is 11.6 Å². The van der Waals surface area contributed by atoms with Crippen LogP contribution < -0.4 is 5.63 Å². The van der Waals surface area contributed by atoms with Crippen molar-refractivity contribution in [3.8, 4) is 0 Å². The molecule has 3 rings (SSSR count). The molecule has 0 atom stereocenters. The highest BCUT2D eigenvalue weighted by Crippen LogP contribution is 2.16. The van der Waals surface area contributed by atoms with Crippen molar-refractivity contribution in [3.63, 3.8) is 0 Å². The molecule has 0 saturated carbocycles. The zero-order valence-electron chi connectivity index (χ0n) is 11.7. The normalized spacial score (nSPS) is 11.8. The molecule has 0 aliphatic carbocycles. The maximum atomic E-state index is 12.9. The summed E-state index contributed by atoms with van der Waals surface area (Å²) < 4.78 is 18.1. The van der Waals surface area contributed by atoms with Crippen molar-refractivity contribution >= 4 is 22.9 Å². The Kier molecular flexibility index (Phi) is 3.47. The van der Waals surface area contributed by atoms with Crippen LogP contribution in [0.4, 0.5) is 4.39 Å². The molecule has 0 fully saturated rings. The quantitative estimate of drug-likeness (QED) is 0.733. The van der Waals surface area contributed by atoms with E-state index in [4.69, 9.17) is 4.42 Å². The molecule has 2 aromatic carbocycles. The standard InChI is InChI=1S/C17H12FNO3/c1-10-2-7-13-16(8-10)22-17(21)14(19-13)9-15(20)11-3-5-12(18)6-4-11/h2-9,20H,1H3/b15-9-. The Bertz CT molecular complexity index is 927. The molecule has 1 N–H and O–H groups in total. The molecule has 0 bridgehead atoms. The van der Waals surface area contributed by atoms with Crippen molar-refractivity contribution in [1.29, 1.82) is 0 Å². The van der Waals surface area contributed by atoms with E-state index >= 15 is 0 Å². The van der Waals surface area contributed by atoms with Crippen LogP contribution in [0.15, 0.2) is 51.7 Å². The van der Waals surface area contributed by atoms with Gasteiger partial charge in [-0.1, -0.05) is 6.07 Å². The fraction of sp³-hybridized carbons (Fsp3) is 0.0588. The Morgan fingerprint density at radius 2 is 1.95 bits per heavy atom. The zero-order chi connectivity index (χ0) is 15.7. The van der Waals surface area contributed by atoms with E-state index in [0.717, 1.165) is 5.56 Å². The third-order valence-corrected chi connectivity index (χ3v) is 3.18. The van der Waals surface area contributed by atoms with Crippen molar-refractivity contribution in [2.24, 2.45) is 0 Å². The maximum Gasteiger partial charge on any atom is 0.362 e. The molecule has 0 radical (unpaired) electrons. The number of aliphatic hydroxyl groups is 1. The summed E-state index contributed by atoms with van der Waals surface area (Å²) in [6, 6.07) is 10.6. The van der Waals surface area contributed by atoms with E-state index in [-0.39, 0.29) is 11.5 Å². The van der Waals surface area contributed by atoms with Gasteiger partial charge in [0.2, 0.25) is 0 Å². The predicted molar refractivity (Wildman–Crippen MR) is 81.9 cm³/mol. The SMILES string of the molecule is Cc1ccc2nc(/C=C(\O)c3ccc(F)cc3)c(=O)oc2c1. The first-order valence-electron chi connectivity index (χ1n) is 6.61. The molecule has 0 amide bonds. The van der Waals surface area contributed by atoms with Gasteiger partial charge < -0.3 is 9.52 Å². The average Bonchev–Trinajstić information content (AvgIpc) is 2.49. The van der Waals surface area contributed by atoms with Crippen LogP contribution in [-0.2, 0) is 0 Å². The van der Waals surface area contributed by atoms with Gasteiger partial charge in [-0.2, -0.15) is 0 Å². The lowest BCUT2D eigenvalue weighted by Crippen LogP contribution is -2.06. The number of rotatable bonds is 2. The van der Waals surface area contributed by atoms with Crippen LogP contribution in [-0.4, -0.2) is 10.1 Å². The highest BCUT2D eigenvalue weighted by Gasteiger charge is 2.08. The molecule has 0 aliphatic rings. The maximum absolute atomic E-state index is 12.9. The van der Waals surface area contributed by atoms with Crippen LogP contribution >= 0.6 is 0 Å². The lowest BCUT2D eigenvalue weighted by Gasteiger charge is -2.01. The Hall–Kier alpha value is -2.95. The number of hydrogen-bond donors (Lipinski definition) is 1. The summed E-state index contributed by atoms with van der Waals surface area (Å²) in [5, 5.41) is 10.0. The molecule has 5 heteroatoms. The van der Waals surface area contributed by atoms with Crippen molar-refractivity contribution in [2.75, 3.05) is 0 Å². The first kappa shape index (κ1) is 14.0. The first-order chi connectivity index (χ1) is 10.5. The van der Waals surface area contributed by atoms with Crippen LogP contribution in [0.5, 0.6) is 0 Å². The molecule has 3 aromatic rings. The predicted octanol–water partition coefficient (Wildman–Crippen LogP) is 3.69. The lowest BCUT2D eigenvalue weighted by atomic mass is 10.1. The fourth-order valence-corrected chi connectivity index (χ4v) is 2.05. The molecule has 0 unspecified atom stereocenters. The van der Waals surface area contributed by atoms with E-state index in [0.29, 0.717) is 16.7 Å². The minimum atomic E-state index is -0.647. The van der Waals surface area contributed by atoms with Crippen molar-refractivity contribution in [1.82, 2.24) is 4.98 Å². The molecular formula is C17H12FNO3. The molecule has 110 valence electrons. The highest BCUT2D eigenvalue weighted by atomic mass is 19.1. The minimum Gasteiger partial charge on any atom is -0.507 e. The Labute approximate surface area is 125 Å². The number of benzene rings is 2. The number of halogens is 1. The van der Waals surface area contributed by atoms with Crippen LogP contribution in [0.25, 0.3) is 22.9 Å². The second-order valence-electron chi connectivity index (χ2n) is 4.89. The van der Waals surface area contributed by atoms with E-state index in [1.165, 1.54) is 30.3 Å². The van der Waals surface area contributed by atoms with Crippen LogP contribution in [0, 0.1) is 12.7 Å². The smallest absolute Gasteiger partial charge is 0.362 e. The minimum absolute atomic E-state index is 0.0156. The van der Waals surface area contributed by atoms with Gasteiger partial charge in [-0.25, -0.2) is 14.2 Å². The third kappa shape index (κ3) is 2.74. The molecule has 1 aromatic heterocycles. The molecule has 0 saturated heterocycles. The number of aryl methyl sites for hydroxylation is 1. The van der Waals surface area contributed by atoms with Gasteiger partial charge in [0.1, 0.15) is 17.1 Å². The van der Waals surface area contributed by atoms with E-state index in [9.17, 15) is 14.3 Å². The van der Waals surface area contributed by atoms with Gasteiger partial charge in [-0.3, -0.25) is 0 Å². The summed E-state index contributed by atoms with van der Waals surface area (Å²) in [6.07, 6.45) is 1.21. The molecule has 0 aliphatic heterocycles. The summed E-state index contributed by atoms with van der Waals surface area (Å²) in [6.45, 7) is 1.88. The van der Waals surface area contributed by atoms with E-state index in [1.807, 2.05) is 13.0 Å². The second kappa shape index (κ2) is 5.44. The van der Waals surface area contributed by atoms with Gasteiger partial charge in [0.25, 0.3) is 0 Å². The second-order valence-corrected chi connectivity index (χ2v) is 4.89. The Balaban J connectivity index is 2.07. The molecule has 1 heterocycles. The van der Waals surface area contributed by atoms with Crippen molar-refractivity contribution in [2.45, 2.75) is 6.92 Å². The summed E-state index contributed by atoms with van der Waals surface area (Å²) in [5.74, 6) is -0.596. The Morgan fingerprint density at radius 1 is 1.23 bits per heavy atom. The summed E-state index contributed by atoms with van der Waals surface area (Å²) in [7, 11) is 0. The largest absolute Gasteiger partial charge is 0.507 e. The number of fused-ring (bicyclic) bond motifs is 1. The molecule has 0 spiro atoms. The van der Waals surface area contributed by atoms with E-state index in [1.54, 1.807) is 12.1 Å². The molecular weight excluding hydrogens is 285 g/mol. The summed E-state index contributed by atoms with van der Waals surface area (Å²) in [4.78, 5) is 16.1. The monoisotopic (exact) mass is 297 g/mol. The molecule has 22 heavy (non-hydrogen) atoms. The van der Waals surface area contributed by atoms with Crippen molar-refractivity contribution in [3.05, 3.63) is 75.5 Å². The lowest BCUT2D eigenvalue weighted by molar-refractivity contribution is 0.513. The average molecular weight is 297 g/mol. The number of nitrogens with zero attached hydrogens (tertiary/aromatic N) is 1. The van der Waals surface area contributed by atoms with Crippen LogP contribution in [0.2, 0.25) is 0 Å². The third-order valence-electron chi connectivity index (χ3n) is 3.18. The van der Waals surface area contributed by atoms with Crippen molar-refractivity contribution < 1.29 is 13.9 Å². The zero-order valence-corrected chi connectivity index (χ0v) is 11.7. The van der Waals surface area contributed by atoms with E-state index in [2.05, 4.69) is 4.98 Å². The number of hydrogen-bond acceptors (Lipinski definition) is 4. The van der Waals surface area contributed by atoms with E-state index < -0.39 is 11.4 Å². The topological polar surface area (TPSA) is 63.3 Å². The fourth-order valence-electron chi connectivity index (χ4n) is 2.05. The van der Waals surface area contributed by atoms with Gasteiger partial charge in [-0.05, 0) is 48.9 Å². The van der Waals surface area contributed by atoms with Gasteiger partial charge in [0.15, 0.2) is 11.3 Å². The summed E-state index contributed by atoms with van der Waals surface area (Å²) in [5.41, 5.74) is 1.58. The summed E-state index contributed by atoms with van der Waals surface area (Å²) >= 11 is 0.